The van der Waals surface area contributed by atoms with Crippen molar-refractivity contribution in [3.8, 4) is 0 Å². The third-order valence-corrected chi connectivity index (χ3v) is 4.37. The van der Waals surface area contributed by atoms with Crippen molar-refractivity contribution in [1.82, 2.24) is 4.90 Å². The van der Waals surface area contributed by atoms with Crippen LogP contribution in [0.1, 0.15) is 51.9 Å². The quantitative estimate of drug-likeness (QED) is 0.710. The number of methoxy groups -OCH3 is 1. The monoisotopic (exact) mass is 299 g/mol. The summed E-state index contributed by atoms with van der Waals surface area (Å²) in [6, 6.07) is 0. The molecule has 21 heavy (non-hydrogen) atoms. The normalized spacial score (nSPS) is 22.0. The summed E-state index contributed by atoms with van der Waals surface area (Å²) in [6.07, 6.45) is 7.75. The summed E-state index contributed by atoms with van der Waals surface area (Å²) >= 11 is 0. The fraction of sp³-hybridized carbons (Fsp3) is 0.875. The van der Waals surface area contributed by atoms with Gasteiger partial charge in [-0.25, -0.2) is 0 Å². The van der Waals surface area contributed by atoms with Crippen LogP contribution in [0.4, 0.5) is 0 Å². The molecule has 0 unspecified atom stereocenters. The predicted octanol–water partition coefficient (Wildman–Crippen LogP) is 2.54. The summed E-state index contributed by atoms with van der Waals surface area (Å²) in [4.78, 5) is 24.8. The third kappa shape index (κ3) is 6.46. The van der Waals surface area contributed by atoms with Gasteiger partial charge in [0.1, 0.15) is 6.54 Å². The minimum Gasteiger partial charge on any atom is -0.480 e. The Balaban J connectivity index is 2.46. The summed E-state index contributed by atoms with van der Waals surface area (Å²) in [5.41, 5.74) is 0. The van der Waals surface area contributed by atoms with E-state index in [1.54, 1.807) is 7.11 Å². The molecule has 1 rings (SSSR count). The van der Waals surface area contributed by atoms with E-state index in [0.717, 1.165) is 31.6 Å². The number of aliphatic carboxylic acids is 1. The van der Waals surface area contributed by atoms with E-state index in [1.165, 1.54) is 24.2 Å². The Kier molecular flexibility index (Phi) is 8.35. The average molecular weight is 299 g/mol. The smallest absolute Gasteiger partial charge is 0.323 e. The van der Waals surface area contributed by atoms with Gasteiger partial charge in [-0.15, -0.1) is 0 Å². The van der Waals surface area contributed by atoms with Gasteiger partial charge in [0.15, 0.2) is 0 Å². The van der Waals surface area contributed by atoms with Gasteiger partial charge in [-0.1, -0.05) is 26.2 Å². The standard InChI is InChI=1S/C16H29NO4/c1-3-4-5-13-6-8-14(9-7-13)16(20)17(10-11-21-2)12-15(18)19/h13-14H,3-12H2,1-2H3,(H,18,19). The van der Waals surface area contributed by atoms with Crippen LogP contribution in [0.25, 0.3) is 0 Å². The lowest BCUT2D eigenvalue weighted by molar-refractivity contribution is -0.147. The summed E-state index contributed by atoms with van der Waals surface area (Å²) in [5, 5.41) is 8.93. The second kappa shape index (κ2) is 9.77. The molecule has 0 atom stereocenters. The lowest BCUT2D eigenvalue weighted by Gasteiger charge is -2.31. The minimum atomic E-state index is -0.962. The maximum absolute atomic E-state index is 12.5. The molecule has 0 radical (unpaired) electrons. The number of carboxylic acid groups (broad SMARTS) is 1. The van der Waals surface area contributed by atoms with Gasteiger partial charge < -0.3 is 14.7 Å². The van der Waals surface area contributed by atoms with Gasteiger partial charge in [-0.05, 0) is 31.6 Å². The molecule has 1 fully saturated rings. The van der Waals surface area contributed by atoms with E-state index in [4.69, 9.17) is 9.84 Å². The molecule has 0 aromatic heterocycles. The second-order valence-corrected chi connectivity index (χ2v) is 6.01. The maximum Gasteiger partial charge on any atom is 0.323 e. The Bertz CT molecular complexity index is 324. The third-order valence-electron chi connectivity index (χ3n) is 4.37. The van der Waals surface area contributed by atoms with E-state index in [0.29, 0.717) is 13.2 Å². The van der Waals surface area contributed by atoms with Crippen molar-refractivity contribution < 1.29 is 19.4 Å². The average Bonchev–Trinajstić information content (AvgIpc) is 2.49. The Hall–Kier alpha value is -1.10. The molecule has 5 heteroatoms. The fourth-order valence-electron chi connectivity index (χ4n) is 3.08. The molecule has 0 saturated heterocycles. The van der Waals surface area contributed by atoms with E-state index in [1.807, 2.05) is 0 Å². The first-order valence-electron chi connectivity index (χ1n) is 8.08. The predicted molar refractivity (Wildman–Crippen MR) is 81.1 cm³/mol. The second-order valence-electron chi connectivity index (χ2n) is 6.01. The molecule has 1 saturated carbocycles. The number of carbonyl (C=O) groups is 2. The van der Waals surface area contributed by atoms with E-state index >= 15 is 0 Å². The molecule has 122 valence electrons. The number of hydrogen-bond acceptors (Lipinski definition) is 3. The largest absolute Gasteiger partial charge is 0.480 e. The Labute approximate surface area is 127 Å². The number of carboxylic acids is 1. The molecule has 5 nitrogen and oxygen atoms in total. The van der Waals surface area contributed by atoms with Crippen LogP contribution < -0.4 is 0 Å². The highest BCUT2D eigenvalue weighted by molar-refractivity contribution is 5.83. The van der Waals surface area contributed by atoms with Crippen LogP contribution in [-0.4, -0.2) is 48.7 Å². The molecule has 0 aromatic carbocycles. The maximum atomic E-state index is 12.5. The molecule has 0 heterocycles. The van der Waals surface area contributed by atoms with Gasteiger partial charge >= 0.3 is 5.97 Å². The number of unbranched alkanes of at least 4 members (excludes halogenated alkanes) is 1. The van der Waals surface area contributed by atoms with E-state index in [9.17, 15) is 9.59 Å². The molecule has 0 aromatic rings. The van der Waals surface area contributed by atoms with Crippen LogP contribution in [0.3, 0.4) is 0 Å². The zero-order valence-electron chi connectivity index (χ0n) is 13.3. The minimum absolute atomic E-state index is 0.000849. The highest BCUT2D eigenvalue weighted by atomic mass is 16.5. The Morgan fingerprint density at radius 1 is 1.24 bits per heavy atom. The zero-order valence-corrected chi connectivity index (χ0v) is 13.3. The summed E-state index contributed by atoms with van der Waals surface area (Å²) < 4.78 is 4.97. The van der Waals surface area contributed by atoms with Gasteiger partial charge in [-0.2, -0.15) is 0 Å². The summed E-state index contributed by atoms with van der Waals surface area (Å²) in [6.45, 7) is 2.72. The van der Waals surface area contributed by atoms with Crippen LogP contribution in [0.2, 0.25) is 0 Å². The van der Waals surface area contributed by atoms with Gasteiger partial charge in [0.05, 0.1) is 6.61 Å². The Morgan fingerprint density at radius 2 is 1.90 bits per heavy atom. The zero-order chi connectivity index (χ0) is 15.7. The number of amides is 1. The molecule has 1 N–H and O–H groups in total. The van der Waals surface area contributed by atoms with Gasteiger partial charge in [0, 0.05) is 19.6 Å². The molecule has 1 aliphatic carbocycles. The molecular weight excluding hydrogens is 270 g/mol. The molecule has 1 amide bonds. The number of ether oxygens (including phenoxy) is 1. The first-order valence-corrected chi connectivity index (χ1v) is 8.08. The van der Waals surface area contributed by atoms with Gasteiger partial charge in [0.25, 0.3) is 0 Å². The summed E-state index contributed by atoms with van der Waals surface area (Å²) in [7, 11) is 1.56. The first-order chi connectivity index (χ1) is 10.1. The van der Waals surface area contributed by atoms with Gasteiger partial charge in [0.2, 0.25) is 5.91 Å². The van der Waals surface area contributed by atoms with Crippen LogP contribution in [-0.2, 0) is 14.3 Å². The van der Waals surface area contributed by atoms with Crippen molar-refractivity contribution in [3.63, 3.8) is 0 Å². The topological polar surface area (TPSA) is 66.8 Å². The summed E-state index contributed by atoms with van der Waals surface area (Å²) in [5.74, 6) is -0.223. The molecule has 0 aliphatic heterocycles. The molecular formula is C16H29NO4. The lowest BCUT2D eigenvalue weighted by Crippen LogP contribution is -2.42. The van der Waals surface area contributed by atoms with Crippen molar-refractivity contribution in [2.24, 2.45) is 11.8 Å². The van der Waals surface area contributed by atoms with Crippen LogP contribution in [0.15, 0.2) is 0 Å². The Morgan fingerprint density at radius 3 is 2.43 bits per heavy atom. The van der Waals surface area contributed by atoms with Crippen molar-refractivity contribution in [3.05, 3.63) is 0 Å². The van der Waals surface area contributed by atoms with Crippen molar-refractivity contribution >= 4 is 11.9 Å². The van der Waals surface area contributed by atoms with E-state index < -0.39 is 5.97 Å². The molecule has 0 spiro atoms. The van der Waals surface area contributed by atoms with Crippen LogP contribution in [0, 0.1) is 11.8 Å². The molecule has 0 bridgehead atoms. The first kappa shape index (κ1) is 18.0. The van der Waals surface area contributed by atoms with Crippen LogP contribution >= 0.6 is 0 Å². The number of carbonyl (C=O) groups excluding carboxylic acids is 1. The van der Waals surface area contributed by atoms with Crippen molar-refractivity contribution in [2.45, 2.75) is 51.9 Å². The van der Waals surface area contributed by atoms with Crippen molar-refractivity contribution in [1.29, 1.82) is 0 Å². The highest BCUT2D eigenvalue weighted by Crippen LogP contribution is 2.32. The van der Waals surface area contributed by atoms with E-state index in [2.05, 4.69) is 6.92 Å². The molecule has 1 aliphatic rings. The van der Waals surface area contributed by atoms with Gasteiger partial charge in [-0.3, -0.25) is 9.59 Å². The fourth-order valence-corrected chi connectivity index (χ4v) is 3.08. The highest BCUT2D eigenvalue weighted by Gasteiger charge is 2.29. The van der Waals surface area contributed by atoms with Crippen molar-refractivity contribution in [2.75, 3.05) is 26.8 Å². The van der Waals surface area contributed by atoms with Crippen LogP contribution in [0.5, 0.6) is 0 Å². The number of rotatable bonds is 9. The SMILES string of the molecule is CCCCC1CCC(C(=O)N(CCOC)CC(=O)O)CC1. The number of hydrogen-bond donors (Lipinski definition) is 1. The number of nitrogens with zero attached hydrogens (tertiary/aromatic N) is 1. The van der Waals surface area contributed by atoms with E-state index in [-0.39, 0.29) is 18.4 Å². The lowest BCUT2D eigenvalue weighted by atomic mass is 9.79.